The van der Waals surface area contributed by atoms with Crippen LogP contribution >= 0.6 is 0 Å². The van der Waals surface area contributed by atoms with E-state index in [-0.39, 0.29) is 12.4 Å². The molecule has 0 atom stereocenters. The van der Waals surface area contributed by atoms with Crippen LogP contribution in [-0.4, -0.2) is 31.7 Å². The van der Waals surface area contributed by atoms with E-state index in [2.05, 4.69) is 10.5 Å². The number of furan rings is 1. The second kappa shape index (κ2) is 7.07. The van der Waals surface area contributed by atoms with Crippen LogP contribution in [0.4, 0.5) is 0 Å². The Labute approximate surface area is 132 Å². The van der Waals surface area contributed by atoms with Gasteiger partial charge in [0.05, 0.1) is 6.21 Å². The van der Waals surface area contributed by atoms with Crippen LogP contribution in [0.1, 0.15) is 11.3 Å². The average molecular weight is 338 g/mol. The predicted octanol–water partition coefficient (Wildman–Crippen LogP) is 1.36. The van der Waals surface area contributed by atoms with Crippen molar-refractivity contribution < 1.29 is 26.9 Å². The minimum atomic E-state index is -4.40. The number of hydrogen-bond donors (Lipinski definition) is 2. The molecule has 0 spiro atoms. The Balaban J connectivity index is 1.82. The molecule has 1 amide bonds. The van der Waals surface area contributed by atoms with Gasteiger partial charge in [0, 0.05) is 0 Å². The number of nitrogens with zero attached hydrogens (tertiary/aromatic N) is 1. The SMILES string of the molecule is Cc1ccc(OCC(=O)NN=Cc2ccc(S(=O)(=O)O)o2)cc1. The maximum absolute atomic E-state index is 11.5. The van der Waals surface area contributed by atoms with Gasteiger partial charge < -0.3 is 9.15 Å². The standard InChI is InChI=1S/C14H14N2O6S/c1-10-2-4-11(5-3-10)21-9-13(17)16-15-8-12-6-7-14(22-12)23(18,19)20/h2-8H,9H2,1H3,(H,16,17)(H,18,19,20). The molecule has 1 aromatic carbocycles. The highest BCUT2D eigenvalue weighted by molar-refractivity contribution is 7.85. The molecule has 1 heterocycles. The summed E-state index contributed by atoms with van der Waals surface area (Å²) in [6.45, 7) is 1.71. The van der Waals surface area contributed by atoms with E-state index in [0.717, 1.165) is 17.8 Å². The van der Waals surface area contributed by atoms with E-state index < -0.39 is 21.1 Å². The lowest BCUT2D eigenvalue weighted by Gasteiger charge is -2.04. The van der Waals surface area contributed by atoms with Crippen LogP contribution in [0.25, 0.3) is 0 Å². The molecule has 2 rings (SSSR count). The molecule has 9 heteroatoms. The Morgan fingerprint density at radius 2 is 2.00 bits per heavy atom. The highest BCUT2D eigenvalue weighted by atomic mass is 32.2. The van der Waals surface area contributed by atoms with Crippen molar-refractivity contribution in [1.82, 2.24) is 5.43 Å². The van der Waals surface area contributed by atoms with Crippen molar-refractivity contribution in [2.24, 2.45) is 5.10 Å². The number of hydrogen-bond acceptors (Lipinski definition) is 6. The third-order valence-electron chi connectivity index (χ3n) is 2.63. The fourth-order valence-electron chi connectivity index (χ4n) is 1.53. The summed E-state index contributed by atoms with van der Waals surface area (Å²) in [4.78, 5) is 11.5. The first-order valence-corrected chi connectivity index (χ1v) is 7.87. The number of amides is 1. The van der Waals surface area contributed by atoms with E-state index in [1.54, 1.807) is 12.1 Å². The Kier molecular flexibility index (Phi) is 5.14. The molecule has 0 saturated carbocycles. The van der Waals surface area contributed by atoms with Gasteiger partial charge in [-0.05, 0) is 31.2 Å². The van der Waals surface area contributed by atoms with Crippen LogP contribution in [-0.2, 0) is 14.9 Å². The molecular formula is C14H14N2O6S. The van der Waals surface area contributed by atoms with Crippen LogP contribution in [0.15, 0.2) is 51.0 Å². The van der Waals surface area contributed by atoms with E-state index in [1.807, 2.05) is 19.1 Å². The van der Waals surface area contributed by atoms with Gasteiger partial charge >= 0.3 is 10.1 Å². The zero-order valence-corrected chi connectivity index (χ0v) is 12.9. The molecule has 122 valence electrons. The van der Waals surface area contributed by atoms with Gasteiger partial charge in [-0.15, -0.1) is 0 Å². The number of carbonyl (C=O) groups is 1. The van der Waals surface area contributed by atoms with Crippen molar-refractivity contribution in [2.75, 3.05) is 6.61 Å². The minimum Gasteiger partial charge on any atom is -0.484 e. The summed E-state index contributed by atoms with van der Waals surface area (Å²) in [6, 6.07) is 9.54. The van der Waals surface area contributed by atoms with E-state index >= 15 is 0 Å². The first-order chi connectivity index (χ1) is 10.8. The Morgan fingerprint density at radius 3 is 2.61 bits per heavy atom. The molecular weight excluding hydrogens is 324 g/mol. The molecule has 23 heavy (non-hydrogen) atoms. The number of hydrazone groups is 1. The summed E-state index contributed by atoms with van der Waals surface area (Å²) in [5, 5.41) is 2.98. The van der Waals surface area contributed by atoms with E-state index in [9.17, 15) is 13.2 Å². The molecule has 8 nitrogen and oxygen atoms in total. The van der Waals surface area contributed by atoms with Crippen molar-refractivity contribution in [2.45, 2.75) is 12.0 Å². The fourth-order valence-corrected chi connectivity index (χ4v) is 1.97. The second-order valence-corrected chi connectivity index (χ2v) is 5.88. The lowest BCUT2D eigenvalue weighted by atomic mass is 10.2. The van der Waals surface area contributed by atoms with Gasteiger partial charge in [0.25, 0.3) is 5.91 Å². The summed E-state index contributed by atoms with van der Waals surface area (Å²) in [6.07, 6.45) is 1.10. The van der Waals surface area contributed by atoms with Gasteiger partial charge in [0.1, 0.15) is 11.5 Å². The quantitative estimate of drug-likeness (QED) is 0.466. The van der Waals surface area contributed by atoms with Crippen molar-refractivity contribution >= 4 is 22.2 Å². The summed E-state index contributed by atoms with van der Waals surface area (Å²) >= 11 is 0. The lowest BCUT2D eigenvalue weighted by molar-refractivity contribution is -0.123. The fraction of sp³-hybridized carbons (Fsp3) is 0.143. The number of ether oxygens (including phenoxy) is 1. The zero-order chi connectivity index (χ0) is 16.9. The zero-order valence-electron chi connectivity index (χ0n) is 12.1. The molecule has 0 bridgehead atoms. The predicted molar refractivity (Wildman–Crippen MR) is 80.9 cm³/mol. The van der Waals surface area contributed by atoms with Crippen molar-refractivity contribution in [1.29, 1.82) is 0 Å². The highest BCUT2D eigenvalue weighted by Gasteiger charge is 2.14. The Bertz CT molecular complexity index is 808. The molecule has 0 aliphatic heterocycles. The monoisotopic (exact) mass is 338 g/mol. The summed E-state index contributed by atoms with van der Waals surface area (Å²) in [7, 11) is -4.40. The smallest absolute Gasteiger partial charge is 0.328 e. The van der Waals surface area contributed by atoms with Crippen LogP contribution in [0, 0.1) is 6.92 Å². The first kappa shape index (κ1) is 16.7. The van der Waals surface area contributed by atoms with E-state index in [1.165, 1.54) is 6.07 Å². The van der Waals surface area contributed by atoms with Gasteiger partial charge in [-0.2, -0.15) is 13.5 Å². The largest absolute Gasteiger partial charge is 0.484 e. The van der Waals surface area contributed by atoms with Crippen LogP contribution in [0.2, 0.25) is 0 Å². The van der Waals surface area contributed by atoms with E-state index in [0.29, 0.717) is 5.75 Å². The summed E-state index contributed by atoms with van der Waals surface area (Å²) in [5.41, 5.74) is 3.27. The van der Waals surface area contributed by atoms with Crippen LogP contribution < -0.4 is 10.2 Å². The lowest BCUT2D eigenvalue weighted by Crippen LogP contribution is -2.24. The number of aryl methyl sites for hydroxylation is 1. The van der Waals surface area contributed by atoms with Crippen molar-refractivity contribution in [3.05, 3.63) is 47.7 Å². The molecule has 0 aliphatic carbocycles. The Morgan fingerprint density at radius 1 is 1.30 bits per heavy atom. The second-order valence-electron chi connectivity index (χ2n) is 4.53. The average Bonchev–Trinajstić information content (AvgIpc) is 2.96. The van der Waals surface area contributed by atoms with Gasteiger partial charge in [-0.1, -0.05) is 17.7 Å². The number of nitrogens with one attached hydrogen (secondary N) is 1. The number of carbonyl (C=O) groups excluding carboxylic acids is 1. The summed E-state index contributed by atoms with van der Waals surface area (Å²) in [5.74, 6) is 0.110. The maximum atomic E-state index is 11.5. The van der Waals surface area contributed by atoms with Crippen LogP contribution in [0.5, 0.6) is 5.75 Å². The molecule has 1 aromatic heterocycles. The molecule has 0 unspecified atom stereocenters. The first-order valence-electron chi connectivity index (χ1n) is 6.43. The van der Waals surface area contributed by atoms with Gasteiger partial charge in [-0.3, -0.25) is 9.35 Å². The third-order valence-corrected chi connectivity index (χ3v) is 3.36. The molecule has 0 fully saturated rings. The highest BCUT2D eigenvalue weighted by Crippen LogP contribution is 2.12. The van der Waals surface area contributed by atoms with Crippen LogP contribution in [0.3, 0.4) is 0 Å². The van der Waals surface area contributed by atoms with E-state index in [4.69, 9.17) is 13.7 Å². The third kappa shape index (κ3) is 5.24. The summed E-state index contributed by atoms with van der Waals surface area (Å²) < 4.78 is 40.4. The molecule has 2 aromatic rings. The number of benzene rings is 1. The van der Waals surface area contributed by atoms with Gasteiger partial charge in [-0.25, -0.2) is 5.43 Å². The molecule has 0 saturated heterocycles. The van der Waals surface area contributed by atoms with Crippen molar-refractivity contribution in [3.63, 3.8) is 0 Å². The maximum Gasteiger partial charge on any atom is 0.328 e. The molecule has 2 N–H and O–H groups in total. The topological polar surface area (TPSA) is 118 Å². The van der Waals surface area contributed by atoms with Crippen molar-refractivity contribution in [3.8, 4) is 5.75 Å². The Hall–Kier alpha value is -2.65. The van der Waals surface area contributed by atoms with Gasteiger partial charge in [0.15, 0.2) is 6.61 Å². The minimum absolute atomic E-state index is 0.0531. The normalized spacial score (nSPS) is 11.6. The van der Waals surface area contributed by atoms with Gasteiger partial charge in [0.2, 0.25) is 5.09 Å². The number of rotatable bonds is 6. The molecule has 0 aliphatic rings. The molecule has 0 radical (unpaired) electrons.